The fraction of sp³-hybridized carbons (Fsp3) is 0.625. The summed E-state index contributed by atoms with van der Waals surface area (Å²) in [5.74, 6) is 0.903. The molecule has 3 rings (SSSR count). The first-order chi connectivity index (χ1) is 8.93. The molecule has 1 saturated heterocycles. The lowest BCUT2D eigenvalue weighted by Crippen LogP contribution is -2.27. The second kappa shape index (κ2) is 5.75. The molecule has 18 heavy (non-hydrogen) atoms. The number of rotatable bonds is 3. The van der Waals surface area contributed by atoms with Crippen LogP contribution in [0.5, 0.6) is 0 Å². The number of nitrogens with zero attached hydrogens (tertiary/aromatic N) is 1. The third kappa shape index (κ3) is 2.69. The van der Waals surface area contributed by atoms with Gasteiger partial charge in [0.05, 0.1) is 0 Å². The standard InChI is InChI=1S/C16H24N2/c1-2-7-16-15(5-1)6-3-4-11-18(16)12-9-14-8-10-17-13-14/h1-2,5,7,14,17H,3-4,6,8-13H2. The van der Waals surface area contributed by atoms with Gasteiger partial charge >= 0.3 is 0 Å². The van der Waals surface area contributed by atoms with Crippen molar-refractivity contribution in [2.75, 3.05) is 31.1 Å². The molecule has 0 saturated carbocycles. The number of hydrogen-bond acceptors (Lipinski definition) is 2. The molecular weight excluding hydrogens is 220 g/mol. The van der Waals surface area contributed by atoms with Crippen LogP contribution in [-0.2, 0) is 6.42 Å². The molecule has 0 spiro atoms. The fourth-order valence-corrected chi connectivity index (χ4v) is 3.30. The van der Waals surface area contributed by atoms with Gasteiger partial charge in [-0.15, -0.1) is 0 Å². The van der Waals surface area contributed by atoms with Crippen LogP contribution in [0.15, 0.2) is 24.3 Å². The highest BCUT2D eigenvalue weighted by atomic mass is 15.1. The number of aryl methyl sites for hydroxylation is 1. The van der Waals surface area contributed by atoms with Crippen LogP contribution in [0.2, 0.25) is 0 Å². The molecule has 98 valence electrons. The van der Waals surface area contributed by atoms with Crippen LogP contribution in [0.3, 0.4) is 0 Å². The molecular formula is C16H24N2. The third-order valence-electron chi connectivity index (χ3n) is 4.43. The summed E-state index contributed by atoms with van der Waals surface area (Å²) in [5, 5.41) is 3.47. The third-order valence-corrected chi connectivity index (χ3v) is 4.43. The van der Waals surface area contributed by atoms with E-state index in [9.17, 15) is 0 Å². The molecule has 0 aliphatic carbocycles. The molecule has 1 atom stereocenters. The van der Waals surface area contributed by atoms with E-state index in [0.717, 1.165) is 5.92 Å². The van der Waals surface area contributed by atoms with E-state index in [-0.39, 0.29) is 0 Å². The van der Waals surface area contributed by atoms with Gasteiger partial charge in [-0.25, -0.2) is 0 Å². The second-order valence-electron chi connectivity index (χ2n) is 5.72. The van der Waals surface area contributed by atoms with Crippen molar-refractivity contribution in [3.8, 4) is 0 Å². The van der Waals surface area contributed by atoms with Crippen LogP contribution < -0.4 is 10.2 Å². The summed E-state index contributed by atoms with van der Waals surface area (Å²) in [6.45, 7) is 4.94. The maximum absolute atomic E-state index is 3.47. The van der Waals surface area contributed by atoms with E-state index in [0.29, 0.717) is 0 Å². The second-order valence-corrected chi connectivity index (χ2v) is 5.72. The molecule has 2 nitrogen and oxygen atoms in total. The summed E-state index contributed by atoms with van der Waals surface area (Å²) in [4.78, 5) is 2.63. The van der Waals surface area contributed by atoms with Gasteiger partial charge in [-0.3, -0.25) is 0 Å². The van der Waals surface area contributed by atoms with E-state index in [4.69, 9.17) is 0 Å². The number of nitrogens with one attached hydrogen (secondary N) is 1. The lowest BCUT2D eigenvalue weighted by Gasteiger charge is -2.26. The van der Waals surface area contributed by atoms with Crippen LogP contribution >= 0.6 is 0 Å². The highest BCUT2D eigenvalue weighted by molar-refractivity contribution is 5.54. The minimum atomic E-state index is 0.903. The molecule has 2 heterocycles. The van der Waals surface area contributed by atoms with Gasteiger partial charge in [0.1, 0.15) is 0 Å². The number of hydrogen-bond donors (Lipinski definition) is 1. The molecule has 1 fully saturated rings. The fourth-order valence-electron chi connectivity index (χ4n) is 3.30. The predicted molar refractivity (Wildman–Crippen MR) is 77.2 cm³/mol. The first-order valence-electron chi connectivity index (χ1n) is 7.47. The minimum Gasteiger partial charge on any atom is -0.371 e. The van der Waals surface area contributed by atoms with Crippen LogP contribution in [0, 0.1) is 5.92 Å². The van der Waals surface area contributed by atoms with Crippen molar-refractivity contribution in [3.05, 3.63) is 29.8 Å². The first kappa shape index (κ1) is 12.0. The summed E-state index contributed by atoms with van der Waals surface area (Å²) in [6, 6.07) is 9.00. The van der Waals surface area contributed by atoms with Gasteiger partial charge in [-0.2, -0.15) is 0 Å². The quantitative estimate of drug-likeness (QED) is 0.879. The van der Waals surface area contributed by atoms with Gasteiger partial charge in [0, 0.05) is 18.8 Å². The molecule has 2 heteroatoms. The number of fused-ring (bicyclic) bond motifs is 1. The molecule has 1 aromatic carbocycles. The van der Waals surface area contributed by atoms with Gasteiger partial charge in [-0.05, 0) is 62.7 Å². The summed E-state index contributed by atoms with van der Waals surface area (Å²) in [5.41, 5.74) is 3.06. The van der Waals surface area contributed by atoms with E-state index in [1.54, 1.807) is 5.56 Å². The Morgan fingerprint density at radius 1 is 1.22 bits per heavy atom. The van der Waals surface area contributed by atoms with Crippen LogP contribution in [0.25, 0.3) is 0 Å². The molecule has 0 radical (unpaired) electrons. The van der Waals surface area contributed by atoms with Crippen molar-refractivity contribution in [2.24, 2.45) is 5.92 Å². The number of anilines is 1. The zero-order chi connectivity index (χ0) is 12.2. The van der Waals surface area contributed by atoms with Crippen molar-refractivity contribution < 1.29 is 0 Å². The average molecular weight is 244 g/mol. The molecule has 2 aliphatic heterocycles. The van der Waals surface area contributed by atoms with Crippen molar-refractivity contribution in [2.45, 2.75) is 32.1 Å². The van der Waals surface area contributed by atoms with E-state index in [2.05, 4.69) is 34.5 Å². The van der Waals surface area contributed by atoms with Crippen LogP contribution in [0.1, 0.15) is 31.2 Å². The Morgan fingerprint density at radius 3 is 3.06 bits per heavy atom. The predicted octanol–water partition coefficient (Wildman–Crippen LogP) is 2.83. The summed E-state index contributed by atoms with van der Waals surface area (Å²) in [6.07, 6.45) is 6.67. The highest BCUT2D eigenvalue weighted by Crippen LogP contribution is 2.27. The Labute approximate surface area is 110 Å². The minimum absolute atomic E-state index is 0.903. The van der Waals surface area contributed by atoms with E-state index in [1.807, 2.05) is 0 Å². The number of para-hydroxylation sites is 1. The van der Waals surface area contributed by atoms with E-state index < -0.39 is 0 Å². The van der Waals surface area contributed by atoms with Gasteiger partial charge in [0.25, 0.3) is 0 Å². The molecule has 1 N–H and O–H groups in total. The average Bonchev–Trinajstić information content (AvgIpc) is 2.84. The summed E-state index contributed by atoms with van der Waals surface area (Å²) in [7, 11) is 0. The summed E-state index contributed by atoms with van der Waals surface area (Å²) < 4.78 is 0. The molecule has 0 amide bonds. The maximum Gasteiger partial charge on any atom is 0.0398 e. The van der Waals surface area contributed by atoms with Crippen molar-refractivity contribution in [1.29, 1.82) is 0 Å². The zero-order valence-corrected chi connectivity index (χ0v) is 11.2. The molecule has 0 aromatic heterocycles. The van der Waals surface area contributed by atoms with Crippen molar-refractivity contribution >= 4 is 5.69 Å². The monoisotopic (exact) mass is 244 g/mol. The Morgan fingerprint density at radius 2 is 2.17 bits per heavy atom. The van der Waals surface area contributed by atoms with Crippen molar-refractivity contribution in [1.82, 2.24) is 5.32 Å². The highest BCUT2D eigenvalue weighted by Gasteiger charge is 2.18. The summed E-state index contributed by atoms with van der Waals surface area (Å²) >= 11 is 0. The zero-order valence-electron chi connectivity index (χ0n) is 11.2. The first-order valence-corrected chi connectivity index (χ1v) is 7.47. The van der Waals surface area contributed by atoms with Gasteiger partial charge in [0.15, 0.2) is 0 Å². The maximum atomic E-state index is 3.47. The Hall–Kier alpha value is -1.02. The van der Waals surface area contributed by atoms with Gasteiger partial charge in [0.2, 0.25) is 0 Å². The number of benzene rings is 1. The van der Waals surface area contributed by atoms with Crippen LogP contribution in [-0.4, -0.2) is 26.2 Å². The Bertz CT molecular complexity index is 382. The Kier molecular flexibility index (Phi) is 3.84. The van der Waals surface area contributed by atoms with Gasteiger partial charge < -0.3 is 10.2 Å². The van der Waals surface area contributed by atoms with E-state index >= 15 is 0 Å². The van der Waals surface area contributed by atoms with Crippen LogP contribution in [0.4, 0.5) is 5.69 Å². The largest absolute Gasteiger partial charge is 0.371 e. The lowest BCUT2D eigenvalue weighted by molar-refractivity contribution is 0.524. The van der Waals surface area contributed by atoms with Gasteiger partial charge in [-0.1, -0.05) is 18.2 Å². The molecule has 1 unspecified atom stereocenters. The topological polar surface area (TPSA) is 15.3 Å². The molecule has 0 bridgehead atoms. The van der Waals surface area contributed by atoms with E-state index in [1.165, 1.54) is 64.0 Å². The SMILES string of the molecule is c1ccc2c(c1)CCCCN2CCC1CCNC1. The normalized spacial score (nSPS) is 23.8. The lowest BCUT2D eigenvalue weighted by atomic mass is 10.0. The molecule has 2 aliphatic rings. The molecule has 1 aromatic rings. The Balaban J connectivity index is 1.67. The smallest absolute Gasteiger partial charge is 0.0398 e. The van der Waals surface area contributed by atoms with Crippen molar-refractivity contribution in [3.63, 3.8) is 0 Å².